The average molecular weight is 596 g/mol. The summed E-state index contributed by atoms with van der Waals surface area (Å²) >= 11 is 6.08. The van der Waals surface area contributed by atoms with Crippen molar-refractivity contribution in [3.05, 3.63) is 95.0 Å². The molecule has 0 saturated heterocycles. The Morgan fingerprint density at radius 2 is 1.51 bits per heavy atom. The smallest absolute Gasteiger partial charge is 0.264 e. The van der Waals surface area contributed by atoms with E-state index in [4.69, 9.17) is 11.6 Å². The highest BCUT2D eigenvalue weighted by Gasteiger charge is 2.33. The van der Waals surface area contributed by atoms with Gasteiger partial charge in [0.05, 0.1) is 10.6 Å². The number of hydrogen-bond donors (Lipinski definition) is 1. The van der Waals surface area contributed by atoms with E-state index in [1.807, 2.05) is 19.1 Å². The van der Waals surface area contributed by atoms with Crippen molar-refractivity contribution in [2.45, 2.75) is 75.9 Å². The van der Waals surface area contributed by atoms with Crippen molar-refractivity contribution in [2.75, 3.05) is 10.8 Å². The average Bonchev–Trinajstić information content (AvgIpc) is 3.00. The summed E-state index contributed by atoms with van der Waals surface area (Å²) in [5.74, 6) is -0.728. The first-order valence-electron chi connectivity index (χ1n) is 14.2. The molecule has 0 radical (unpaired) electrons. The number of halogens is 1. The van der Waals surface area contributed by atoms with Crippen LogP contribution in [0.1, 0.15) is 57.1 Å². The number of nitrogens with zero attached hydrogens (tertiary/aromatic N) is 2. The lowest BCUT2D eigenvalue weighted by Gasteiger charge is -2.33. The molecule has 0 bridgehead atoms. The number of benzene rings is 3. The van der Waals surface area contributed by atoms with E-state index in [9.17, 15) is 18.0 Å². The molecule has 4 rings (SSSR count). The molecule has 0 unspecified atom stereocenters. The number of nitrogens with one attached hydrogen (secondary N) is 1. The summed E-state index contributed by atoms with van der Waals surface area (Å²) < 4.78 is 28.9. The summed E-state index contributed by atoms with van der Waals surface area (Å²) in [5.41, 5.74) is 2.21. The van der Waals surface area contributed by atoms with E-state index in [-0.39, 0.29) is 23.4 Å². The minimum absolute atomic E-state index is 0.0817. The van der Waals surface area contributed by atoms with E-state index in [0.29, 0.717) is 10.7 Å². The maximum Gasteiger partial charge on any atom is 0.264 e. The van der Waals surface area contributed by atoms with Crippen molar-refractivity contribution in [3.8, 4) is 0 Å². The van der Waals surface area contributed by atoms with Gasteiger partial charge in [-0.3, -0.25) is 13.9 Å². The standard InChI is InChI=1S/C32H38ClN3O4S/c1-3-25-16-20-29(21-17-25)36(41(39,40)30-12-8-5-9-13-30)23-31(37)35(22-26-14-18-27(33)19-15-26)24(2)32(38)34-28-10-6-4-7-11-28/h5,8-9,12-21,24,28H,3-4,6-7,10-11,22-23H2,1-2H3,(H,34,38)/t24-/m1/s1. The molecule has 1 fully saturated rings. The van der Waals surface area contributed by atoms with E-state index >= 15 is 0 Å². The molecule has 1 saturated carbocycles. The monoisotopic (exact) mass is 595 g/mol. The fourth-order valence-corrected chi connectivity index (χ4v) is 6.65. The van der Waals surface area contributed by atoms with Crippen LogP contribution in [0.4, 0.5) is 5.69 Å². The molecule has 7 nitrogen and oxygen atoms in total. The number of aryl methyl sites for hydroxylation is 1. The molecular formula is C32H38ClN3O4S. The van der Waals surface area contributed by atoms with Gasteiger partial charge in [0.2, 0.25) is 11.8 Å². The van der Waals surface area contributed by atoms with Crippen molar-refractivity contribution < 1.29 is 18.0 Å². The zero-order valence-electron chi connectivity index (χ0n) is 23.6. The van der Waals surface area contributed by atoms with E-state index in [0.717, 1.165) is 54.0 Å². The van der Waals surface area contributed by atoms with Crippen LogP contribution in [-0.2, 0) is 32.6 Å². The van der Waals surface area contributed by atoms with Crippen LogP contribution < -0.4 is 9.62 Å². The highest BCUT2D eigenvalue weighted by Crippen LogP contribution is 2.25. The van der Waals surface area contributed by atoms with Gasteiger partial charge in [-0.25, -0.2) is 8.42 Å². The molecule has 1 aliphatic rings. The third kappa shape index (κ3) is 7.89. The van der Waals surface area contributed by atoms with E-state index in [1.54, 1.807) is 61.5 Å². The Kier molecular flexibility index (Phi) is 10.5. The molecule has 0 heterocycles. The zero-order valence-corrected chi connectivity index (χ0v) is 25.2. The predicted octanol–water partition coefficient (Wildman–Crippen LogP) is 5.96. The second kappa shape index (κ2) is 14.0. The summed E-state index contributed by atoms with van der Waals surface area (Å²) in [4.78, 5) is 29.0. The molecule has 1 aliphatic carbocycles. The lowest BCUT2D eigenvalue weighted by atomic mass is 9.95. The number of rotatable bonds is 11. The van der Waals surface area contributed by atoms with Gasteiger partial charge in [-0.1, -0.05) is 80.3 Å². The summed E-state index contributed by atoms with van der Waals surface area (Å²) in [5, 5.41) is 3.68. The van der Waals surface area contributed by atoms with Crippen LogP contribution in [0.15, 0.2) is 83.8 Å². The summed E-state index contributed by atoms with van der Waals surface area (Å²) in [6.45, 7) is 3.38. The third-order valence-corrected chi connectivity index (χ3v) is 9.67. The van der Waals surface area contributed by atoms with Gasteiger partial charge >= 0.3 is 0 Å². The Morgan fingerprint density at radius 1 is 0.902 bits per heavy atom. The Bertz CT molecular complexity index is 1410. The van der Waals surface area contributed by atoms with E-state index < -0.39 is 28.5 Å². The normalized spacial score (nSPS) is 14.7. The van der Waals surface area contributed by atoms with Crippen LogP contribution in [0.5, 0.6) is 0 Å². The van der Waals surface area contributed by atoms with E-state index in [2.05, 4.69) is 5.32 Å². The third-order valence-electron chi connectivity index (χ3n) is 7.63. The van der Waals surface area contributed by atoms with Gasteiger partial charge in [0.25, 0.3) is 10.0 Å². The first-order valence-corrected chi connectivity index (χ1v) is 16.0. The maximum absolute atomic E-state index is 14.1. The SMILES string of the molecule is CCc1ccc(N(CC(=O)N(Cc2ccc(Cl)cc2)[C@H](C)C(=O)NC2CCCCC2)S(=O)(=O)c2ccccc2)cc1. The zero-order chi connectivity index (χ0) is 29.4. The topological polar surface area (TPSA) is 86.8 Å². The fraction of sp³-hybridized carbons (Fsp3) is 0.375. The number of carbonyl (C=O) groups is 2. The molecule has 41 heavy (non-hydrogen) atoms. The predicted molar refractivity (Wildman–Crippen MR) is 163 cm³/mol. The molecule has 9 heteroatoms. The fourth-order valence-electron chi connectivity index (χ4n) is 5.08. The number of carbonyl (C=O) groups excluding carboxylic acids is 2. The molecule has 1 N–H and O–H groups in total. The molecule has 0 aliphatic heterocycles. The maximum atomic E-state index is 14.1. The van der Waals surface area contributed by atoms with Crippen LogP contribution in [-0.4, -0.2) is 43.8 Å². The summed E-state index contributed by atoms with van der Waals surface area (Å²) in [6, 6.07) is 21.6. The van der Waals surface area contributed by atoms with Crippen LogP contribution in [0.2, 0.25) is 5.02 Å². The van der Waals surface area contributed by atoms with Gasteiger partial charge in [-0.15, -0.1) is 0 Å². The van der Waals surface area contributed by atoms with Crippen LogP contribution >= 0.6 is 11.6 Å². The van der Waals surface area contributed by atoms with Gasteiger partial charge in [0.1, 0.15) is 12.6 Å². The van der Waals surface area contributed by atoms with Crippen LogP contribution in [0.25, 0.3) is 0 Å². The molecule has 0 aromatic heterocycles. The van der Waals surface area contributed by atoms with Crippen molar-refractivity contribution in [1.29, 1.82) is 0 Å². The number of anilines is 1. The Hall–Kier alpha value is -3.36. The lowest BCUT2D eigenvalue weighted by molar-refractivity contribution is -0.139. The first kappa shape index (κ1) is 30.6. The quantitative estimate of drug-likeness (QED) is 0.296. The summed E-state index contributed by atoms with van der Waals surface area (Å²) in [7, 11) is -4.08. The van der Waals surface area contributed by atoms with Gasteiger partial charge in [-0.05, 0) is 73.7 Å². The van der Waals surface area contributed by atoms with Crippen molar-refractivity contribution >= 4 is 39.1 Å². The van der Waals surface area contributed by atoms with Crippen molar-refractivity contribution in [2.24, 2.45) is 0 Å². The second-order valence-electron chi connectivity index (χ2n) is 10.5. The van der Waals surface area contributed by atoms with Gasteiger partial charge in [0.15, 0.2) is 0 Å². The van der Waals surface area contributed by atoms with E-state index in [1.165, 1.54) is 17.0 Å². The lowest BCUT2D eigenvalue weighted by Crippen LogP contribution is -2.53. The minimum Gasteiger partial charge on any atom is -0.352 e. The highest BCUT2D eigenvalue weighted by molar-refractivity contribution is 7.92. The Morgan fingerprint density at radius 3 is 2.12 bits per heavy atom. The molecule has 0 spiro atoms. The molecule has 3 aromatic rings. The molecule has 1 atom stereocenters. The van der Waals surface area contributed by atoms with Gasteiger partial charge < -0.3 is 10.2 Å². The van der Waals surface area contributed by atoms with Crippen LogP contribution in [0, 0.1) is 0 Å². The molecular weight excluding hydrogens is 558 g/mol. The van der Waals surface area contributed by atoms with Crippen molar-refractivity contribution in [3.63, 3.8) is 0 Å². The largest absolute Gasteiger partial charge is 0.352 e. The van der Waals surface area contributed by atoms with Crippen molar-refractivity contribution in [1.82, 2.24) is 10.2 Å². The minimum atomic E-state index is -4.08. The Balaban J connectivity index is 1.66. The Labute approximate surface area is 248 Å². The molecule has 2 amide bonds. The summed E-state index contributed by atoms with van der Waals surface area (Å²) in [6.07, 6.45) is 5.92. The first-order chi connectivity index (χ1) is 19.7. The number of amides is 2. The molecule has 3 aromatic carbocycles. The van der Waals surface area contributed by atoms with Gasteiger partial charge in [0, 0.05) is 17.6 Å². The number of hydrogen-bond acceptors (Lipinski definition) is 4. The highest BCUT2D eigenvalue weighted by atomic mass is 35.5. The molecule has 218 valence electrons. The van der Waals surface area contributed by atoms with Gasteiger partial charge in [-0.2, -0.15) is 0 Å². The second-order valence-corrected chi connectivity index (χ2v) is 12.8. The van der Waals surface area contributed by atoms with Crippen LogP contribution in [0.3, 0.4) is 0 Å². The number of sulfonamides is 1.